The van der Waals surface area contributed by atoms with Crippen molar-refractivity contribution in [1.29, 1.82) is 0 Å². The standard InChI is InChI=1S/C9H17NO2S/c1-6-7-10(8(2)11)13(12)9(3,4)5/h6H,1,7H2,2-5H3/t13-/m1/s1. The summed E-state index contributed by atoms with van der Waals surface area (Å²) < 4.78 is 12.7. The Hall–Kier alpha value is -0.640. The third kappa shape index (κ3) is 3.72. The van der Waals surface area contributed by atoms with Crippen LogP contribution in [-0.2, 0) is 15.8 Å². The van der Waals surface area contributed by atoms with Crippen molar-refractivity contribution in [2.24, 2.45) is 0 Å². The van der Waals surface area contributed by atoms with Crippen molar-refractivity contribution in [1.82, 2.24) is 4.31 Å². The van der Waals surface area contributed by atoms with Crippen molar-refractivity contribution in [2.45, 2.75) is 32.4 Å². The quantitative estimate of drug-likeness (QED) is 0.652. The molecule has 4 heteroatoms. The summed E-state index contributed by atoms with van der Waals surface area (Å²) in [5, 5.41) is 0. The molecule has 0 heterocycles. The second-order valence-electron chi connectivity index (χ2n) is 3.73. The summed E-state index contributed by atoms with van der Waals surface area (Å²) in [6, 6.07) is 0. The molecular weight excluding hydrogens is 186 g/mol. The zero-order chi connectivity index (χ0) is 10.6. The molecule has 1 atom stereocenters. The molecule has 0 aliphatic rings. The molecule has 1 amide bonds. The summed E-state index contributed by atoms with van der Waals surface area (Å²) in [6.07, 6.45) is 1.57. The molecule has 0 saturated carbocycles. The molecule has 0 aliphatic carbocycles. The molecule has 0 fully saturated rings. The zero-order valence-corrected chi connectivity index (χ0v) is 9.48. The monoisotopic (exact) mass is 203 g/mol. The van der Waals surface area contributed by atoms with Crippen LogP contribution in [0.15, 0.2) is 12.7 Å². The van der Waals surface area contributed by atoms with E-state index in [1.165, 1.54) is 11.2 Å². The average Bonchev–Trinajstić information content (AvgIpc) is 1.96. The van der Waals surface area contributed by atoms with Gasteiger partial charge in [0.1, 0.15) is 11.0 Å². The van der Waals surface area contributed by atoms with Crippen molar-refractivity contribution >= 4 is 16.9 Å². The second-order valence-corrected chi connectivity index (χ2v) is 5.89. The Morgan fingerprint density at radius 3 is 2.23 bits per heavy atom. The number of carbonyl (C=O) groups excluding carboxylic acids is 1. The first kappa shape index (κ1) is 12.4. The number of carbonyl (C=O) groups is 1. The smallest absolute Gasteiger partial charge is 0.231 e. The van der Waals surface area contributed by atoms with E-state index in [1.807, 2.05) is 20.8 Å². The summed E-state index contributed by atoms with van der Waals surface area (Å²) >= 11 is 0. The summed E-state index contributed by atoms with van der Waals surface area (Å²) in [6.45, 7) is 10.8. The number of rotatable bonds is 3. The van der Waals surface area contributed by atoms with E-state index in [4.69, 9.17) is 0 Å². The molecule has 0 radical (unpaired) electrons. The van der Waals surface area contributed by atoms with Crippen LogP contribution >= 0.6 is 0 Å². The lowest BCUT2D eigenvalue weighted by molar-refractivity contribution is -0.123. The Kier molecular flexibility index (Phi) is 4.33. The maximum absolute atomic E-state index is 11.8. The van der Waals surface area contributed by atoms with Gasteiger partial charge < -0.3 is 0 Å². The normalized spacial score (nSPS) is 13.5. The van der Waals surface area contributed by atoms with Crippen LogP contribution in [0.2, 0.25) is 0 Å². The van der Waals surface area contributed by atoms with Gasteiger partial charge in [0.25, 0.3) is 0 Å². The lowest BCUT2D eigenvalue weighted by atomic mass is 10.3. The fraction of sp³-hybridized carbons (Fsp3) is 0.667. The predicted molar refractivity (Wildman–Crippen MR) is 55.5 cm³/mol. The van der Waals surface area contributed by atoms with Gasteiger partial charge in [-0.1, -0.05) is 6.08 Å². The molecule has 0 N–H and O–H groups in total. The van der Waals surface area contributed by atoms with Gasteiger partial charge in [-0.2, -0.15) is 0 Å². The Balaban J connectivity index is 4.66. The highest BCUT2D eigenvalue weighted by molar-refractivity contribution is 7.84. The van der Waals surface area contributed by atoms with Gasteiger partial charge in [-0.25, -0.2) is 4.21 Å². The van der Waals surface area contributed by atoms with E-state index in [1.54, 1.807) is 6.08 Å². The Morgan fingerprint density at radius 1 is 1.54 bits per heavy atom. The molecule has 0 aromatic carbocycles. The summed E-state index contributed by atoms with van der Waals surface area (Å²) in [5.41, 5.74) is 0. The number of hydrogen-bond acceptors (Lipinski definition) is 2. The van der Waals surface area contributed by atoms with E-state index in [0.29, 0.717) is 6.54 Å². The largest absolute Gasteiger partial charge is 0.274 e. The molecule has 0 aliphatic heterocycles. The van der Waals surface area contributed by atoms with Crippen LogP contribution in [0, 0.1) is 0 Å². The number of nitrogens with zero attached hydrogens (tertiary/aromatic N) is 1. The highest BCUT2D eigenvalue weighted by Gasteiger charge is 2.27. The van der Waals surface area contributed by atoms with Gasteiger partial charge in [0.15, 0.2) is 0 Å². The second kappa shape index (κ2) is 4.56. The van der Waals surface area contributed by atoms with Gasteiger partial charge in [-0.05, 0) is 20.8 Å². The highest BCUT2D eigenvalue weighted by Crippen LogP contribution is 2.15. The fourth-order valence-electron chi connectivity index (χ4n) is 0.761. The van der Waals surface area contributed by atoms with Crippen LogP contribution in [0.5, 0.6) is 0 Å². The predicted octanol–water partition coefficient (Wildman–Crippen LogP) is 1.48. The molecular formula is C9H17NO2S. The Labute approximate surface area is 82.4 Å². The third-order valence-electron chi connectivity index (χ3n) is 1.37. The average molecular weight is 203 g/mol. The van der Waals surface area contributed by atoms with E-state index in [-0.39, 0.29) is 5.91 Å². The van der Waals surface area contributed by atoms with Crippen LogP contribution in [0.4, 0.5) is 0 Å². The van der Waals surface area contributed by atoms with E-state index < -0.39 is 15.7 Å². The zero-order valence-electron chi connectivity index (χ0n) is 8.66. The van der Waals surface area contributed by atoms with Gasteiger partial charge in [0.05, 0.1) is 11.3 Å². The first-order valence-corrected chi connectivity index (χ1v) is 5.22. The van der Waals surface area contributed by atoms with E-state index in [0.717, 1.165) is 0 Å². The van der Waals surface area contributed by atoms with Crippen LogP contribution in [0.3, 0.4) is 0 Å². The lowest BCUT2D eigenvalue weighted by Crippen LogP contribution is -2.40. The topological polar surface area (TPSA) is 37.4 Å². The fourth-order valence-corrected chi connectivity index (χ4v) is 1.90. The molecule has 3 nitrogen and oxygen atoms in total. The minimum absolute atomic E-state index is 0.187. The van der Waals surface area contributed by atoms with Crippen molar-refractivity contribution in [2.75, 3.05) is 6.54 Å². The molecule has 0 saturated heterocycles. The minimum Gasteiger partial charge on any atom is -0.274 e. The molecule has 0 bridgehead atoms. The maximum Gasteiger partial charge on any atom is 0.231 e. The van der Waals surface area contributed by atoms with Crippen LogP contribution in [0.1, 0.15) is 27.7 Å². The van der Waals surface area contributed by atoms with Crippen LogP contribution in [-0.4, -0.2) is 25.7 Å². The van der Waals surface area contributed by atoms with Crippen LogP contribution in [0.25, 0.3) is 0 Å². The first-order valence-electron chi connectivity index (χ1n) is 4.11. The Morgan fingerprint density at radius 2 is 2.00 bits per heavy atom. The highest BCUT2D eigenvalue weighted by atomic mass is 32.2. The molecule has 0 rings (SSSR count). The van der Waals surface area contributed by atoms with E-state index in [2.05, 4.69) is 6.58 Å². The summed E-state index contributed by atoms with van der Waals surface area (Å²) in [4.78, 5) is 11.1. The van der Waals surface area contributed by atoms with Crippen molar-refractivity contribution in [3.05, 3.63) is 12.7 Å². The summed E-state index contributed by atoms with van der Waals surface area (Å²) in [7, 11) is -1.29. The van der Waals surface area contributed by atoms with Gasteiger partial charge in [-0.3, -0.25) is 9.10 Å². The van der Waals surface area contributed by atoms with E-state index in [9.17, 15) is 9.00 Å². The minimum atomic E-state index is -1.29. The van der Waals surface area contributed by atoms with Crippen LogP contribution < -0.4 is 0 Å². The summed E-state index contributed by atoms with van der Waals surface area (Å²) in [5.74, 6) is -0.187. The lowest BCUT2D eigenvalue weighted by Gasteiger charge is -2.26. The van der Waals surface area contributed by atoms with Crippen molar-refractivity contribution < 1.29 is 9.00 Å². The number of amides is 1. The first-order chi connectivity index (χ1) is 5.80. The number of hydrogen-bond donors (Lipinski definition) is 0. The van der Waals surface area contributed by atoms with Crippen molar-refractivity contribution in [3.8, 4) is 0 Å². The SMILES string of the molecule is C=CCN(C(C)=O)[S@](=O)C(C)(C)C. The molecule has 0 aromatic heterocycles. The van der Waals surface area contributed by atoms with Gasteiger partial charge >= 0.3 is 0 Å². The molecule has 76 valence electrons. The van der Waals surface area contributed by atoms with Gasteiger partial charge in [0.2, 0.25) is 5.91 Å². The van der Waals surface area contributed by atoms with Gasteiger partial charge in [0, 0.05) is 6.92 Å². The maximum atomic E-state index is 11.8. The third-order valence-corrected chi connectivity index (χ3v) is 3.22. The molecule has 0 spiro atoms. The van der Waals surface area contributed by atoms with Gasteiger partial charge in [-0.15, -0.1) is 6.58 Å². The molecule has 0 unspecified atom stereocenters. The Bertz CT molecular complexity index is 230. The van der Waals surface area contributed by atoms with E-state index >= 15 is 0 Å². The van der Waals surface area contributed by atoms with Crippen molar-refractivity contribution in [3.63, 3.8) is 0 Å². The molecule has 0 aromatic rings. The molecule has 13 heavy (non-hydrogen) atoms.